The van der Waals surface area contributed by atoms with Gasteiger partial charge in [0.25, 0.3) is 10.2 Å². The summed E-state index contributed by atoms with van der Waals surface area (Å²) in [5, 5.41) is 0. The predicted octanol–water partition coefficient (Wildman–Crippen LogP) is 0.928. The van der Waals surface area contributed by atoms with Crippen LogP contribution in [0, 0.1) is 5.92 Å². The van der Waals surface area contributed by atoms with Crippen LogP contribution in [0.4, 0.5) is 0 Å². The molecule has 0 spiro atoms. The Morgan fingerprint density at radius 1 is 1.18 bits per heavy atom. The van der Waals surface area contributed by atoms with Crippen molar-refractivity contribution in [1.82, 2.24) is 9.03 Å². The Labute approximate surface area is 106 Å². The second-order valence-electron chi connectivity index (χ2n) is 4.17. The average Bonchev–Trinajstić information content (AvgIpc) is 2.28. The number of hydrogen-bond acceptors (Lipinski definition) is 3. The van der Waals surface area contributed by atoms with E-state index in [1.807, 2.05) is 13.8 Å². The van der Waals surface area contributed by atoms with Gasteiger partial charge in [0.1, 0.15) is 0 Å². The second-order valence-corrected chi connectivity index (χ2v) is 5.93. The second kappa shape index (κ2) is 8.85. The van der Waals surface area contributed by atoms with E-state index in [9.17, 15) is 8.42 Å². The lowest BCUT2D eigenvalue weighted by Crippen LogP contribution is -2.42. The minimum absolute atomic E-state index is 0.343. The van der Waals surface area contributed by atoms with E-state index in [2.05, 4.69) is 11.6 Å². The van der Waals surface area contributed by atoms with Gasteiger partial charge in [-0.15, -0.1) is 0 Å². The van der Waals surface area contributed by atoms with Gasteiger partial charge in [0.2, 0.25) is 0 Å². The van der Waals surface area contributed by atoms with Gasteiger partial charge < -0.3 is 5.73 Å². The molecule has 0 amide bonds. The van der Waals surface area contributed by atoms with Crippen molar-refractivity contribution in [3.8, 4) is 0 Å². The van der Waals surface area contributed by atoms with Gasteiger partial charge in [-0.2, -0.15) is 12.7 Å². The summed E-state index contributed by atoms with van der Waals surface area (Å²) in [4.78, 5) is 0. The minimum Gasteiger partial charge on any atom is -0.330 e. The summed E-state index contributed by atoms with van der Waals surface area (Å²) in [6, 6.07) is 0. The van der Waals surface area contributed by atoms with Gasteiger partial charge in [-0.05, 0) is 25.3 Å². The molecule has 17 heavy (non-hydrogen) atoms. The maximum absolute atomic E-state index is 11.9. The lowest BCUT2D eigenvalue weighted by molar-refractivity contribution is 0.409. The van der Waals surface area contributed by atoms with E-state index in [1.165, 1.54) is 4.31 Å². The fourth-order valence-corrected chi connectivity index (χ4v) is 3.18. The molecule has 0 aromatic heterocycles. The van der Waals surface area contributed by atoms with Crippen LogP contribution in [0.2, 0.25) is 0 Å². The van der Waals surface area contributed by atoms with E-state index in [1.54, 1.807) is 0 Å². The predicted molar refractivity (Wildman–Crippen MR) is 71.9 cm³/mol. The third-order valence-electron chi connectivity index (χ3n) is 2.87. The van der Waals surface area contributed by atoms with Gasteiger partial charge in [0, 0.05) is 19.6 Å². The van der Waals surface area contributed by atoms with Gasteiger partial charge in [-0.3, -0.25) is 0 Å². The van der Waals surface area contributed by atoms with E-state index in [0.29, 0.717) is 32.1 Å². The van der Waals surface area contributed by atoms with Gasteiger partial charge in [0.15, 0.2) is 0 Å². The molecule has 3 N–H and O–H groups in total. The van der Waals surface area contributed by atoms with Crippen molar-refractivity contribution >= 4 is 10.2 Å². The summed E-state index contributed by atoms with van der Waals surface area (Å²) in [5.74, 6) is 0.343. The van der Waals surface area contributed by atoms with E-state index in [4.69, 9.17) is 5.73 Å². The van der Waals surface area contributed by atoms with Crippen LogP contribution in [0.3, 0.4) is 0 Å². The zero-order chi connectivity index (χ0) is 13.3. The molecule has 0 heterocycles. The van der Waals surface area contributed by atoms with Crippen molar-refractivity contribution in [2.24, 2.45) is 11.7 Å². The van der Waals surface area contributed by atoms with Gasteiger partial charge in [-0.1, -0.05) is 27.2 Å². The van der Waals surface area contributed by atoms with Crippen LogP contribution in [0.25, 0.3) is 0 Å². The molecule has 1 unspecified atom stereocenters. The molecule has 0 saturated carbocycles. The molecule has 6 heteroatoms. The number of nitrogens with one attached hydrogen (secondary N) is 1. The van der Waals surface area contributed by atoms with E-state index < -0.39 is 10.2 Å². The van der Waals surface area contributed by atoms with E-state index in [0.717, 1.165) is 19.3 Å². The Morgan fingerprint density at radius 2 is 1.76 bits per heavy atom. The molecule has 104 valence electrons. The third-order valence-corrected chi connectivity index (χ3v) is 4.60. The van der Waals surface area contributed by atoms with Crippen molar-refractivity contribution in [2.75, 3.05) is 26.2 Å². The van der Waals surface area contributed by atoms with Crippen LogP contribution in [0.15, 0.2) is 0 Å². The van der Waals surface area contributed by atoms with Crippen molar-refractivity contribution < 1.29 is 8.42 Å². The highest BCUT2D eigenvalue weighted by Gasteiger charge is 2.19. The van der Waals surface area contributed by atoms with Crippen LogP contribution >= 0.6 is 0 Å². The van der Waals surface area contributed by atoms with Crippen molar-refractivity contribution in [3.63, 3.8) is 0 Å². The van der Waals surface area contributed by atoms with Crippen LogP contribution in [-0.4, -0.2) is 38.9 Å². The molecule has 0 aliphatic heterocycles. The fraction of sp³-hybridized carbons (Fsp3) is 1.00. The molecule has 0 fully saturated rings. The molecule has 1 atom stereocenters. The Morgan fingerprint density at radius 3 is 2.18 bits per heavy atom. The lowest BCUT2D eigenvalue weighted by Gasteiger charge is -2.21. The minimum atomic E-state index is -3.31. The molecule has 0 bridgehead atoms. The number of nitrogens with two attached hydrogens (primary N) is 1. The number of rotatable bonds is 10. The van der Waals surface area contributed by atoms with Crippen LogP contribution in [-0.2, 0) is 10.2 Å². The quantitative estimate of drug-likeness (QED) is 0.617. The Hall–Kier alpha value is -0.170. The first-order valence-corrected chi connectivity index (χ1v) is 7.90. The third kappa shape index (κ3) is 6.35. The molecular weight excluding hydrogens is 238 g/mol. The molecular formula is C11H27N3O2S. The van der Waals surface area contributed by atoms with Crippen molar-refractivity contribution in [3.05, 3.63) is 0 Å². The maximum Gasteiger partial charge on any atom is 0.279 e. The van der Waals surface area contributed by atoms with Gasteiger partial charge in [0.05, 0.1) is 0 Å². The topological polar surface area (TPSA) is 75.4 Å². The van der Waals surface area contributed by atoms with Crippen LogP contribution < -0.4 is 10.5 Å². The molecule has 0 saturated heterocycles. The molecule has 0 aromatic rings. The molecule has 0 aliphatic rings. The number of nitrogens with zero attached hydrogens (tertiary/aromatic N) is 1. The molecule has 0 aromatic carbocycles. The van der Waals surface area contributed by atoms with E-state index in [-0.39, 0.29) is 0 Å². The smallest absolute Gasteiger partial charge is 0.279 e. The molecule has 0 radical (unpaired) electrons. The Kier molecular flexibility index (Phi) is 8.77. The van der Waals surface area contributed by atoms with Crippen LogP contribution in [0.1, 0.15) is 40.0 Å². The SMILES string of the molecule is CCCC(CCN)CNS(=O)(=O)N(CC)CC. The molecule has 0 aliphatic carbocycles. The normalized spacial score (nSPS) is 14.2. The molecule has 5 nitrogen and oxygen atoms in total. The van der Waals surface area contributed by atoms with E-state index >= 15 is 0 Å². The summed E-state index contributed by atoms with van der Waals surface area (Å²) in [6.45, 7) is 7.88. The first kappa shape index (κ1) is 16.8. The Bertz CT molecular complexity index is 270. The zero-order valence-electron chi connectivity index (χ0n) is 11.3. The Balaban J connectivity index is 4.31. The summed E-state index contributed by atoms with van der Waals surface area (Å²) in [7, 11) is -3.31. The fourth-order valence-electron chi connectivity index (χ4n) is 1.87. The lowest BCUT2D eigenvalue weighted by atomic mass is 10.0. The highest BCUT2D eigenvalue weighted by Crippen LogP contribution is 2.10. The highest BCUT2D eigenvalue weighted by molar-refractivity contribution is 7.87. The molecule has 0 rings (SSSR count). The first-order valence-electron chi connectivity index (χ1n) is 6.46. The summed E-state index contributed by atoms with van der Waals surface area (Å²) in [6.07, 6.45) is 2.93. The van der Waals surface area contributed by atoms with Crippen LogP contribution in [0.5, 0.6) is 0 Å². The first-order chi connectivity index (χ1) is 8.01. The highest BCUT2D eigenvalue weighted by atomic mass is 32.2. The maximum atomic E-state index is 11.9. The largest absolute Gasteiger partial charge is 0.330 e. The summed E-state index contributed by atoms with van der Waals surface area (Å²) in [5.41, 5.74) is 5.52. The van der Waals surface area contributed by atoms with Gasteiger partial charge >= 0.3 is 0 Å². The monoisotopic (exact) mass is 265 g/mol. The average molecular weight is 265 g/mol. The standard InChI is InChI=1S/C11H27N3O2S/c1-4-7-11(8-9-12)10-13-17(15,16)14(5-2)6-3/h11,13H,4-10,12H2,1-3H3. The zero-order valence-corrected chi connectivity index (χ0v) is 12.1. The van der Waals surface area contributed by atoms with Crippen molar-refractivity contribution in [2.45, 2.75) is 40.0 Å². The summed E-state index contributed by atoms with van der Waals surface area (Å²) >= 11 is 0. The number of hydrogen-bond donors (Lipinski definition) is 2. The summed E-state index contributed by atoms with van der Waals surface area (Å²) < 4.78 is 27.9. The van der Waals surface area contributed by atoms with Gasteiger partial charge in [-0.25, -0.2) is 4.72 Å². The van der Waals surface area contributed by atoms with Crippen molar-refractivity contribution in [1.29, 1.82) is 0 Å².